The van der Waals surface area contributed by atoms with Crippen molar-refractivity contribution in [3.8, 4) is 5.75 Å². The zero-order chi connectivity index (χ0) is 20.8. The van der Waals surface area contributed by atoms with Gasteiger partial charge < -0.3 is 19.9 Å². The van der Waals surface area contributed by atoms with Gasteiger partial charge in [0.25, 0.3) is 5.91 Å². The fraction of sp³-hybridized carbons (Fsp3) is 0.435. The van der Waals surface area contributed by atoms with Crippen LogP contribution in [-0.2, 0) is 11.3 Å². The summed E-state index contributed by atoms with van der Waals surface area (Å²) in [5, 5.41) is 3.09. The Kier molecular flexibility index (Phi) is 7.23. The number of halogens is 1. The van der Waals surface area contributed by atoms with Crippen LogP contribution in [0.15, 0.2) is 42.5 Å². The van der Waals surface area contributed by atoms with Crippen molar-refractivity contribution in [2.45, 2.75) is 26.3 Å². The molecule has 2 aromatic carbocycles. The van der Waals surface area contributed by atoms with Crippen LogP contribution < -0.4 is 19.9 Å². The van der Waals surface area contributed by atoms with Crippen LogP contribution in [0.4, 0.5) is 10.1 Å². The van der Waals surface area contributed by atoms with Gasteiger partial charge in [0.15, 0.2) is 6.54 Å². The average Bonchev–Trinajstić information content (AvgIpc) is 2.70. The Bertz CT molecular complexity index is 833. The van der Waals surface area contributed by atoms with E-state index in [1.165, 1.54) is 15.9 Å². The summed E-state index contributed by atoms with van der Waals surface area (Å²) in [5.74, 6) is 0.925. The molecule has 6 heteroatoms. The summed E-state index contributed by atoms with van der Waals surface area (Å²) < 4.78 is 18.9. The molecule has 0 unspecified atom stereocenters. The summed E-state index contributed by atoms with van der Waals surface area (Å²) in [5.41, 5.74) is 2.97. The number of rotatable bonds is 7. The van der Waals surface area contributed by atoms with Crippen LogP contribution in [-0.4, -0.2) is 45.7 Å². The van der Waals surface area contributed by atoms with E-state index in [0.717, 1.165) is 55.3 Å². The van der Waals surface area contributed by atoms with Crippen LogP contribution in [0.1, 0.15) is 30.9 Å². The standard InChI is InChI=1S/C23H30FN3O2/c1-17(2)20-6-4-5-7-21(20)25-23(28)16-27-12-10-26(11-13-27)15-18-14-19(24)8-9-22(18)29-3/h4-9,14,17H,10-13,15-16H2,1-3H3,(H,25,28)/p+2. The van der Waals surface area contributed by atoms with Crippen molar-refractivity contribution in [2.24, 2.45) is 0 Å². The van der Waals surface area contributed by atoms with Crippen molar-refractivity contribution in [1.82, 2.24) is 0 Å². The second-order valence-electron chi connectivity index (χ2n) is 8.10. The number of ether oxygens (including phenoxy) is 1. The minimum absolute atomic E-state index is 0.0587. The lowest BCUT2D eigenvalue weighted by Gasteiger charge is -2.29. The Morgan fingerprint density at radius 2 is 1.79 bits per heavy atom. The number of hydrogen-bond donors (Lipinski definition) is 3. The molecule has 0 aromatic heterocycles. The third-order valence-electron chi connectivity index (χ3n) is 5.61. The van der Waals surface area contributed by atoms with Crippen LogP contribution in [0.3, 0.4) is 0 Å². The Morgan fingerprint density at radius 3 is 2.48 bits per heavy atom. The summed E-state index contributed by atoms with van der Waals surface area (Å²) in [7, 11) is 1.62. The maximum absolute atomic E-state index is 13.6. The number of carbonyl (C=O) groups is 1. The molecule has 0 aliphatic carbocycles. The molecule has 0 atom stereocenters. The highest BCUT2D eigenvalue weighted by molar-refractivity contribution is 5.92. The highest BCUT2D eigenvalue weighted by atomic mass is 19.1. The first-order chi connectivity index (χ1) is 14.0. The summed E-state index contributed by atoms with van der Waals surface area (Å²) in [6.45, 7) is 9.22. The molecule has 0 saturated carbocycles. The number of carbonyl (C=O) groups excluding carboxylic acids is 1. The predicted molar refractivity (Wildman–Crippen MR) is 112 cm³/mol. The Labute approximate surface area is 172 Å². The minimum Gasteiger partial charge on any atom is -0.496 e. The second kappa shape index (κ2) is 9.85. The monoisotopic (exact) mass is 401 g/mol. The number of quaternary nitrogens is 2. The molecule has 2 aromatic rings. The number of piperazine rings is 1. The molecule has 29 heavy (non-hydrogen) atoms. The van der Waals surface area contributed by atoms with Gasteiger partial charge in [-0.05, 0) is 35.7 Å². The highest BCUT2D eigenvalue weighted by Gasteiger charge is 2.26. The quantitative estimate of drug-likeness (QED) is 0.645. The summed E-state index contributed by atoms with van der Waals surface area (Å²) in [6, 6.07) is 12.7. The average molecular weight is 402 g/mol. The SMILES string of the molecule is COc1ccc(F)cc1C[NH+]1CC[NH+](CC(=O)Nc2ccccc2C(C)C)CC1. The topological polar surface area (TPSA) is 47.2 Å². The number of methoxy groups -OCH3 is 1. The van der Waals surface area contributed by atoms with Gasteiger partial charge in [0.05, 0.1) is 12.7 Å². The zero-order valence-electron chi connectivity index (χ0n) is 17.6. The lowest BCUT2D eigenvalue weighted by Crippen LogP contribution is -3.28. The molecule has 3 N–H and O–H groups in total. The van der Waals surface area contributed by atoms with Gasteiger partial charge in [0, 0.05) is 5.69 Å². The van der Waals surface area contributed by atoms with E-state index < -0.39 is 0 Å². The van der Waals surface area contributed by atoms with Crippen LogP contribution in [0.5, 0.6) is 5.75 Å². The number of para-hydroxylation sites is 1. The predicted octanol–water partition coefficient (Wildman–Crippen LogP) is 0.880. The van der Waals surface area contributed by atoms with Crippen molar-refractivity contribution in [3.05, 3.63) is 59.4 Å². The van der Waals surface area contributed by atoms with E-state index in [4.69, 9.17) is 4.74 Å². The molecule has 3 rings (SSSR count). The normalized spacial score (nSPS) is 19.2. The first kappa shape index (κ1) is 21.3. The molecular formula is C23H32FN3O2+2. The van der Waals surface area contributed by atoms with Gasteiger partial charge in [-0.1, -0.05) is 32.0 Å². The first-order valence-electron chi connectivity index (χ1n) is 10.3. The van der Waals surface area contributed by atoms with E-state index in [1.807, 2.05) is 18.2 Å². The number of amides is 1. The van der Waals surface area contributed by atoms with E-state index in [-0.39, 0.29) is 11.7 Å². The fourth-order valence-electron chi connectivity index (χ4n) is 4.00. The summed E-state index contributed by atoms with van der Waals surface area (Å²) in [4.78, 5) is 15.2. The van der Waals surface area contributed by atoms with Crippen molar-refractivity contribution in [1.29, 1.82) is 0 Å². The molecule has 1 amide bonds. The lowest BCUT2D eigenvalue weighted by atomic mass is 10.0. The molecule has 0 bridgehead atoms. The van der Waals surface area contributed by atoms with Crippen molar-refractivity contribution >= 4 is 11.6 Å². The van der Waals surface area contributed by atoms with Crippen LogP contribution in [0, 0.1) is 5.82 Å². The first-order valence-corrected chi connectivity index (χ1v) is 10.3. The molecule has 1 aliphatic rings. The lowest BCUT2D eigenvalue weighted by molar-refractivity contribution is -1.02. The maximum Gasteiger partial charge on any atom is 0.279 e. The van der Waals surface area contributed by atoms with E-state index in [0.29, 0.717) is 12.5 Å². The molecule has 1 saturated heterocycles. The van der Waals surface area contributed by atoms with E-state index in [2.05, 4.69) is 25.2 Å². The van der Waals surface area contributed by atoms with Crippen LogP contribution >= 0.6 is 0 Å². The summed E-state index contributed by atoms with van der Waals surface area (Å²) >= 11 is 0. The molecular weight excluding hydrogens is 369 g/mol. The minimum atomic E-state index is -0.234. The molecule has 1 heterocycles. The third-order valence-corrected chi connectivity index (χ3v) is 5.61. The van der Waals surface area contributed by atoms with Crippen LogP contribution in [0.25, 0.3) is 0 Å². The van der Waals surface area contributed by atoms with E-state index >= 15 is 0 Å². The van der Waals surface area contributed by atoms with Crippen molar-refractivity contribution < 1.29 is 23.7 Å². The van der Waals surface area contributed by atoms with E-state index in [1.54, 1.807) is 19.2 Å². The fourth-order valence-corrected chi connectivity index (χ4v) is 4.00. The smallest absolute Gasteiger partial charge is 0.279 e. The van der Waals surface area contributed by atoms with Gasteiger partial charge in [-0.2, -0.15) is 0 Å². The van der Waals surface area contributed by atoms with Crippen molar-refractivity contribution in [3.63, 3.8) is 0 Å². The number of anilines is 1. The largest absolute Gasteiger partial charge is 0.496 e. The number of hydrogen-bond acceptors (Lipinski definition) is 2. The molecule has 1 aliphatic heterocycles. The number of benzene rings is 2. The molecule has 156 valence electrons. The van der Waals surface area contributed by atoms with Gasteiger partial charge in [0.2, 0.25) is 0 Å². The molecule has 0 radical (unpaired) electrons. The van der Waals surface area contributed by atoms with Crippen molar-refractivity contribution in [2.75, 3.05) is 45.2 Å². The molecule has 5 nitrogen and oxygen atoms in total. The van der Waals surface area contributed by atoms with Gasteiger partial charge in [-0.25, -0.2) is 4.39 Å². The zero-order valence-corrected chi connectivity index (χ0v) is 17.6. The Balaban J connectivity index is 1.50. The van der Waals surface area contributed by atoms with Gasteiger partial charge >= 0.3 is 0 Å². The maximum atomic E-state index is 13.6. The summed E-state index contributed by atoms with van der Waals surface area (Å²) in [6.07, 6.45) is 0. The molecule has 0 spiro atoms. The van der Waals surface area contributed by atoms with Gasteiger partial charge in [-0.15, -0.1) is 0 Å². The second-order valence-corrected chi connectivity index (χ2v) is 8.10. The van der Waals surface area contributed by atoms with Gasteiger partial charge in [-0.3, -0.25) is 4.79 Å². The Morgan fingerprint density at radius 1 is 1.10 bits per heavy atom. The third kappa shape index (κ3) is 5.78. The number of nitrogens with one attached hydrogen (secondary N) is 3. The molecule has 1 fully saturated rings. The highest BCUT2D eigenvalue weighted by Crippen LogP contribution is 2.23. The van der Waals surface area contributed by atoms with E-state index in [9.17, 15) is 9.18 Å². The van der Waals surface area contributed by atoms with Gasteiger partial charge in [0.1, 0.15) is 44.3 Å². The van der Waals surface area contributed by atoms with Crippen LogP contribution in [0.2, 0.25) is 0 Å². The Hall–Kier alpha value is -2.44.